The van der Waals surface area contributed by atoms with Crippen LogP contribution in [0.15, 0.2) is 11.8 Å². The number of nitrogens with zero attached hydrogens (tertiary/aromatic N) is 1. The zero-order valence-electron chi connectivity index (χ0n) is 18.3. The van der Waals surface area contributed by atoms with Gasteiger partial charge in [-0.3, -0.25) is 0 Å². The van der Waals surface area contributed by atoms with Gasteiger partial charge in [0.2, 0.25) is 0 Å². The highest BCUT2D eigenvalue weighted by atomic mass is 32.2. The maximum atomic E-state index is 12.9. The van der Waals surface area contributed by atoms with E-state index in [1.165, 1.54) is 19.3 Å². The first-order valence-corrected chi connectivity index (χ1v) is 12.6. The molecule has 172 valence electrons. The molecule has 0 aromatic rings. The van der Waals surface area contributed by atoms with Gasteiger partial charge in [-0.25, -0.2) is 0 Å². The minimum absolute atomic E-state index is 0.0202. The van der Waals surface area contributed by atoms with E-state index < -0.39 is 21.0 Å². The summed E-state index contributed by atoms with van der Waals surface area (Å²) in [6.45, 7) is 4.35. The second-order valence-electron chi connectivity index (χ2n) is 10.8. The minimum Gasteiger partial charge on any atom is -0.380 e. The topological polar surface area (TPSA) is 46.6 Å². The van der Waals surface area contributed by atoms with Crippen LogP contribution in [0.3, 0.4) is 0 Å². The van der Waals surface area contributed by atoms with Gasteiger partial charge in [-0.2, -0.15) is 21.6 Å². The van der Waals surface area contributed by atoms with Crippen molar-refractivity contribution in [2.75, 3.05) is 14.1 Å². The molecule has 4 aliphatic carbocycles. The van der Waals surface area contributed by atoms with Gasteiger partial charge >= 0.3 is 15.6 Å². The Balaban J connectivity index is 1.54. The highest BCUT2D eigenvalue weighted by Crippen LogP contribution is 2.66. The lowest BCUT2D eigenvalue weighted by Gasteiger charge is -2.61. The van der Waals surface area contributed by atoms with Crippen molar-refractivity contribution in [3.8, 4) is 0 Å². The molecule has 0 N–H and O–H groups in total. The predicted molar refractivity (Wildman–Crippen MR) is 109 cm³/mol. The molecule has 4 rings (SSSR count). The number of allylic oxidation sites excluding steroid dienone is 2. The van der Waals surface area contributed by atoms with Crippen LogP contribution < -0.4 is 0 Å². The third kappa shape index (κ3) is 3.31. The van der Waals surface area contributed by atoms with Gasteiger partial charge in [0.15, 0.2) is 0 Å². The van der Waals surface area contributed by atoms with Crippen molar-refractivity contribution in [2.24, 2.45) is 34.5 Å². The Kier molecular flexibility index (Phi) is 5.33. The molecule has 0 amide bonds. The minimum atomic E-state index is -5.62. The Bertz CT molecular complexity index is 824. The van der Waals surface area contributed by atoms with Crippen LogP contribution in [0, 0.1) is 34.5 Å². The largest absolute Gasteiger partial charge is 0.534 e. The molecule has 30 heavy (non-hydrogen) atoms. The SMILES string of the molecule is CN(C)[C@H]1CC[C@@]2(C)C(CC[C@@H]3[C@@H]2CC[C@]2(C)C(OS(=O)(=O)C(F)(F)F)=CC[C@@H]32)C1. The maximum Gasteiger partial charge on any atom is 0.534 e. The van der Waals surface area contributed by atoms with Gasteiger partial charge in [0.25, 0.3) is 0 Å². The monoisotopic (exact) mass is 449 g/mol. The highest BCUT2D eigenvalue weighted by Gasteiger charge is 2.60. The highest BCUT2D eigenvalue weighted by molar-refractivity contribution is 7.87. The molecule has 3 saturated carbocycles. The predicted octanol–water partition coefficient (Wildman–Crippen LogP) is 5.32. The van der Waals surface area contributed by atoms with Crippen LogP contribution >= 0.6 is 0 Å². The molecule has 7 atom stereocenters. The van der Waals surface area contributed by atoms with Crippen LogP contribution in [0.2, 0.25) is 0 Å². The first-order chi connectivity index (χ1) is 13.8. The summed E-state index contributed by atoms with van der Waals surface area (Å²) in [6, 6.07) is 0.634. The van der Waals surface area contributed by atoms with Crippen LogP contribution in [0.4, 0.5) is 13.2 Å². The summed E-state index contributed by atoms with van der Waals surface area (Å²) in [7, 11) is -1.30. The third-order valence-corrected chi connectivity index (χ3v) is 10.3. The van der Waals surface area contributed by atoms with E-state index in [2.05, 4.69) is 25.9 Å². The standard InChI is InChI=1S/C22H34F3NO3S/c1-20-11-9-15(26(3)4)13-14(20)5-6-16-17-7-8-19(21(17,2)12-10-18(16)20)29-30(27,28)22(23,24)25/h8,14-18H,5-7,9-13H2,1-4H3/t14?,15-,16-,17-,18-,20-,21-/m0/s1. The summed E-state index contributed by atoms with van der Waals surface area (Å²) in [6.07, 6.45) is 9.72. The summed E-state index contributed by atoms with van der Waals surface area (Å²) < 4.78 is 66.6. The molecule has 0 bridgehead atoms. The lowest BCUT2D eigenvalue weighted by atomic mass is 9.45. The van der Waals surface area contributed by atoms with Crippen LogP contribution in [0.1, 0.15) is 65.2 Å². The molecular weight excluding hydrogens is 415 g/mol. The van der Waals surface area contributed by atoms with Gasteiger partial charge in [0.05, 0.1) is 0 Å². The van der Waals surface area contributed by atoms with E-state index in [1.807, 2.05) is 6.92 Å². The van der Waals surface area contributed by atoms with Gasteiger partial charge in [0.1, 0.15) is 5.76 Å². The maximum absolute atomic E-state index is 12.9. The number of hydrogen-bond donors (Lipinski definition) is 0. The molecule has 0 spiro atoms. The molecule has 3 fully saturated rings. The van der Waals surface area contributed by atoms with Crippen molar-refractivity contribution >= 4 is 10.1 Å². The zero-order chi connectivity index (χ0) is 22.1. The Hall–Kier alpha value is -0.760. The van der Waals surface area contributed by atoms with E-state index in [0.29, 0.717) is 36.6 Å². The lowest BCUT2D eigenvalue weighted by molar-refractivity contribution is -0.113. The van der Waals surface area contributed by atoms with Crippen molar-refractivity contribution in [1.29, 1.82) is 0 Å². The molecule has 0 heterocycles. The summed E-state index contributed by atoms with van der Waals surface area (Å²) in [5.41, 5.74) is -5.74. The number of alkyl halides is 3. The van der Waals surface area contributed by atoms with E-state index >= 15 is 0 Å². The molecule has 4 aliphatic rings. The quantitative estimate of drug-likeness (QED) is 0.432. The molecule has 0 aromatic heterocycles. The van der Waals surface area contributed by atoms with Gasteiger partial charge < -0.3 is 9.08 Å². The summed E-state index contributed by atoms with van der Waals surface area (Å²) in [4.78, 5) is 2.34. The zero-order valence-corrected chi connectivity index (χ0v) is 19.2. The molecule has 8 heteroatoms. The smallest absolute Gasteiger partial charge is 0.380 e. The fourth-order valence-electron chi connectivity index (χ4n) is 7.53. The van der Waals surface area contributed by atoms with Crippen molar-refractivity contribution in [1.82, 2.24) is 4.90 Å². The number of fused-ring (bicyclic) bond motifs is 5. The van der Waals surface area contributed by atoms with Gasteiger partial charge in [0, 0.05) is 11.5 Å². The van der Waals surface area contributed by atoms with Crippen molar-refractivity contribution in [2.45, 2.75) is 76.8 Å². The molecule has 0 saturated heterocycles. The van der Waals surface area contributed by atoms with Gasteiger partial charge in [-0.1, -0.05) is 13.8 Å². The summed E-state index contributed by atoms with van der Waals surface area (Å²) in [5, 5.41) is 0. The van der Waals surface area contributed by atoms with Crippen molar-refractivity contribution < 1.29 is 25.8 Å². The van der Waals surface area contributed by atoms with Crippen LogP contribution in [0.25, 0.3) is 0 Å². The first-order valence-electron chi connectivity index (χ1n) is 11.2. The Morgan fingerprint density at radius 1 is 1.07 bits per heavy atom. The fourth-order valence-corrected chi connectivity index (χ4v) is 8.12. The number of hydrogen-bond acceptors (Lipinski definition) is 4. The summed E-state index contributed by atoms with van der Waals surface area (Å²) in [5.74, 6) is 1.86. The molecule has 1 unspecified atom stereocenters. The van der Waals surface area contributed by atoms with Crippen molar-refractivity contribution in [3.05, 3.63) is 11.8 Å². The molecule has 0 radical (unpaired) electrons. The average molecular weight is 450 g/mol. The fraction of sp³-hybridized carbons (Fsp3) is 0.909. The van der Waals surface area contributed by atoms with E-state index in [1.54, 1.807) is 6.08 Å². The summed E-state index contributed by atoms with van der Waals surface area (Å²) >= 11 is 0. The van der Waals surface area contributed by atoms with E-state index in [4.69, 9.17) is 4.18 Å². The number of rotatable bonds is 3. The van der Waals surface area contributed by atoms with E-state index in [0.717, 1.165) is 19.3 Å². The molecule has 0 aromatic carbocycles. The van der Waals surface area contributed by atoms with Crippen LogP contribution in [0.5, 0.6) is 0 Å². The Labute approximate surface area is 178 Å². The third-order valence-electron chi connectivity index (χ3n) is 9.36. The van der Waals surface area contributed by atoms with Crippen LogP contribution in [-0.4, -0.2) is 39.0 Å². The van der Waals surface area contributed by atoms with E-state index in [9.17, 15) is 21.6 Å². The molecular formula is C22H34F3NO3S. The second-order valence-corrected chi connectivity index (χ2v) is 12.3. The lowest BCUT2D eigenvalue weighted by Crippen LogP contribution is -2.54. The first kappa shape index (κ1) is 22.4. The average Bonchev–Trinajstić information content (AvgIpc) is 2.96. The normalized spacial score (nSPS) is 44.1. The Morgan fingerprint density at radius 2 is 1.77 bits per heavy atom. The van der Waals surface area contributed by atoms with E-state index in [-0.39, 0.29) is 17.1 Å². The van der Waals surface area contributed by atoms with Gasteiger partial charge in [-0.05, 0) is 101 Å². The molecule has 4 nitrogen and oxygen atoms in total. The number of halogens is 3. The van der Waals surface area contributed by atoms with Crippen LogP contribution in [-0.2, 0) is 14.3 Å². The second kappa shape index (κ2) is 7.12. The van der Waals surface area contributed by atoms with Crippen molar-refractivity contribution in [3.63, 3.8) is 0 Å². The van der Waals surface area contributed by atoms with Gasteiger partial charge in [-0.15, -0.1) is 0 Å². The Morgan fingerprint density at radius 3 is 2.40 bits per heavy atom. The molecule has 0 aliphatic heterocycles.